The lowest BCUT2D eigenvalue weighted by molar-refractivity contribution is -0.123. The maximum atomic E-state index is 11.5. The maximum Gasteiger partial charge on any atom is 0.257 e. The number of nitrogens with one attached hydrogen (secondary N) is 1. The van der Waals surface area contributed by atoms with E-state index >= 15 is 0 Å². The lowest BCUT2D eigenvalue weighted by atomic mass is 10.2. The highest BCUT2D eigenvalue weighted by Gasteiger charge is 2.13. The van der Waals surface area contributed by atoms with Gasteiger partial charge in [-0.3, -0.25) is 9.59 Å². The summed E-state index contributed by atoms with van der Waals surface area (Å²) in [6.45, 7) is 2.48. The molecule has 0 bridgehead atoms. The molecule has 1 aromatic rings. The van der Waals surface area contributed by atoms with Gasteiger partial charge in [0, 0.05) is 12.1 Å². The van der Waals surface area contributed by atoms with E-state index in [9.17, 15) is 9.59 Å². The van der Waals surface area contributed by atoms with Crippen LogP contribution in [0.5, 0.6) is 11.5 Å². The van der Waals surface area contributed by atoms with Crippen LogP contribution >= 0.6 is 15.9 Å². The second-order valence-electron chi connectivity index (χ2n) is 3.79. The summed E-state index contributed by atoms with van der Waals surface area (Å²) >= 11 is 3.29. The summed E-state index contributed by atoms with van der Waals surface area (Å²) in [5.74, 6) is 0.606. The molecule has 0 saturated carbocycles. The van der Waals surface area contributed by atoms with Crippen LogP contribution < -0.4 is 14.8 Å². The van der Waals surface area contributed by atoms with Crippen LogP contribution in [0.4, 0.5) is 0 Å². The molecule has 0 spiro atoms. The van der Waals surface area contributed by atoms with Gasteiger partial charge in [0.1, 0.15) is 6.29 Å². The van der Waals surface area contributed by atoms with Gasteiger partial charge in [0.15, 0.2) is 18.1 Å². The van der Waals surface area contributed by atoms with Crippen LogP contribution in [0.15, 0.2) is 16.6 Å². The van der Waals surface area contributed by atoms with E-state index in [4.69, 9.17) is 9.47 Å². The smallest absolute Gasteiger partial charge is 0.257 e. The van der Waals surface area contributed by atoms with E-state index in [1.165, 1.54) is 7.11 Å². The number of amides is 1. The summed E-state index contributed by atoms with van der Waals surface area (Å²) in [7, 11) is 1.47. The van der Waals surface area contributed by atoms with E-state index in [1.54, 1.807) is 12.1 Å². The first-order valence-corrected chi connectivity index (χ1v) is 6.63. The molecule has 104 valence electrons. The molecule has 1 amide bonds. The molecule has 1 rings (SSSR count). The maximum absolute atomic E-state index is 11.5. The molecule has 0 heterocycles. The fourth-order valence-corrected chi connectivity index (χ4v) is 1.98. The van der Waals surface area contributed by atoms with Crippen molar-refractivity contribution in [1.82, 2.24) is 5.32 Å². The molecule has 0 atom stereocenters. The Morgan fingerprint density at radius 1 is 1.47 bits per heavy atom. The van der Waals surface area contributed by atoms with Crippen LogP contribution in [0.1, 0.15) is 23.7 Å². The molecule has 0 aliphatic heterocycles. The fourth-order valence-electron chi connectivity index (χ4n) is 1.40. The third-order valence-corrected chi connectivity index (χ3v) is 2.90. The zero-order valence-corrected chi connectivity index (χ0v) is 12.5. The number of halogens is 1. The molecule has 0 saturated heterocycles. The Morgan fingerprint density at radius 3 is 2.79 bits per heavy atom. The molecule has 0 aliphatic rings. The Labute approximate surface area is 120 Å². The van der Waals surface area contributed by atoms with Crippen molar-refractivity contribution in [3.63, 3.8) is 0 Å². The molecule has 0 fully saturated rings. The number of carbonyl (C=O) groups is 2. The van der Waals surface area contributed by atoms with Gasteiger partial charge in [-0.25, -0.2) is 0 Å². The third kappa shape index (κ3) is 4.55. The number of ether oxygens (including phenoxy) is 2. The van der Waals surface area contributed by atoms with Crippen molar-refractivity contribution in [3.8, 4) is 11.5 Å². The number of hydrogen-bond donors (Lipinski definition) is 1. The van der Waals surface area contributed by atoms with E-state index in [1.807, 2.05) is 6.92 Å². The second-order valence-corrected chi connectivity index (χ2v) is 4.64. The van der Waals surface area contributed by atoms with Crippen LogP contribution in [-0.2, 0) is 4.79 Å². The third-order valence-electron chi connectivity index (χ3n) is 2.31. The molecule has 6 heteroatoms. The van der Waals surface area contributed by atoms with Crippen molar-refractivity contribution in [3.05, 3.63) is 22.2 Å². The predicted molar refractivity (Wildman–Crippen MR) is 74.9 cm³/mol. The van der Waals surface area contributed by atoms with Gasteiger partial charge in [0.25, 0.3) is 5.91 Å². The summed E-state index contributed by atoms with van der Waals surface area (Å²) in [5.41, 5.74) is 0.464. The van der Waals surface area contributed by atoms with E-state index < -0.39 is 0 Å². The highest BCUT2D eigenvalue weighted by Crippen LogP contribution is 2.36. The van der Waals surface area contributed by atoms with Crippen molar-refractivity contribution in [2.24, 2.45) is 0 Å². The lowest BCUT2D eigenvalue weighted by Gasteiger charge is -2.13. The average Bonchev–Trinajstić information content (AvgIpc) is 2.42. The van der Waals surface area contributed by atoms with Gasteiger partial charge in [-0.2, -0.15) is 0 Å². The first-order valence-electron chi connectivity index (χ1n) is 5.84. The van der Waals surface area contributed by atoms with Crippen molar-refractivity contribution in [2.45, 2.75) is 13.3 Å². The SMILES string of the molecule is CCCNC(=O)COc1c(Br)cc(C=O)cc1OC. The molecule has 0 aliphatic carbocycles. The highest BCUT2D eigenvalue weighted by molar-refractivity contribution is 9.10. The lowest BCUT2D eigenvalue weighted by Crippen LogP contribution is -2.29. The Hall–Kier alpha value is -1.56. The molecule has 5 nitrogen and oxygen atoms in total. The van der Waals surface area contributed by atoms with Gasteiger partial charge in [-0.1, -0.05) is 6.92 Å². The van der Waals surface area contributed by atoms with Gasteiger partial charge in [0.2, 0.25) is 0 Å². The van der Waals surface area contributed by atoms with Gasteiger partial charge in [-0.05, 0) is 34.5 Å². The molecule has 0 aromatic heterocycles. The zero-order chi connectivity index (χ0) is 14.3. The normalized spacial score (nSPS) is 9.84. The van der Waals surface area contributed by atoms with E-state index in [0.717, 1.165) is 6.42 Å². The van der Waals surface area contributed by atoms with Crippen molar-refractivity contribution < 1.29 is 19.1 Å². The number of aldehydes is 1. The predicted octanol–water partition coefficient (Wildman–Crippen LogP) is 2.18. The Bertz CT molecular complexity index is 462. The first kappa shape index (κ1) is 15.5. The van der Waals surface area contributed by atoms with E-state index in [2.05, 4.69) is 21.2 Å². The van der Waals surface area contributed by atoms with E-state index in [-0.39, 0.29) is 12.5 Å². The van der Waals surface area contributed by atoms with Crippen LogP contribution in [0.3, 0.4) is 0 Å². The van der Waals surface area contributed by atoms with Crippen LogP contribution in [0.25, 0.3) is 0 Å². The molecule has 19 heavy (non-hydrogen) atoms. The van der Waals surface area contributed by atoms with Gasteiger partial charge >= 0.3 is 0 Å². The van der Waals surface area contributed by atoms with Crippen LogP contribution in [-0.4, -0.2) is 32.5 Å². The topological polar surface area (TPSA) is 64.6 Å². The molecular formula is C13H16BrNO4. The monoisotopic (exact) mass is 329 g/mol. The second kappa shape index (κ2) is 7.78. The van der Waals surface area contributed by atoms with Crippen molar-refractivity contribution in [2.75, 3.05) is 20.3 Å². The molecule has 0 unspecified atom stereocenters. The number of hydrogen-bond acceptors (Lipinski definition) is 4. The summed E-state index contributed by atoms with van der Waals surface area (Å²) in [5, 5.41) is 2.71. The number of methoxy groups -OCH3 is 1. The minimum absolute atomic E-state index is 0.102. The van der Waals surface area contributed by atoms with Gasteiger partial charge < -0.3 is 14.8 Å². The zero-order valence-electron chi connectivity index (χ0n) is 10.9. The standard InChI is InChI=1S/C13H16BrNO4/c1-3-4-15-12(17)8-19-13-10(14)5-9(7-16)6-11(13)18-2/h5-7H,3-4,8H2,1-2H3,(H,15,17). The Morgan fingerprint density at radius 2 is 2.21 bits per heavy atom. The minimum Gasteiger partial charge on any atom is -0.493 e. The van der Waals surface area contributed by atoms with Gasteiger partial charge in [-0.15, -0.1) is 0 Å². The summed E-state index contributed by atoms with van der Waals surface area (Å²) in [6.07, 6.45) is 1.58. The number of benzene rings is 1. The molecular weight excluding hydrogens is 314 g/mol. The molecule has 1 aromatic carbocycles. The fraction of sp³-hybridized carbons (Fsp3) is 0.385. The van der Waals surface area contributed by atoms with Crippen LogP contribution in [0, 0.1) is 0 Å². The quantitative estimate of drug-likeness (QED) is 0.779. The van der Waals surface area contributed by atoms with Crippen molar-refractivity contribution in [1.29, 1.82) is 0 Å². The van der Waals surface area contributed by atoms with Crippen LogP contribution in [0.2, 0.25) is 0 Å². The van der Waals surface area contributed by atoms with E-state index in [0.29, 0.717) is 34.4 Å². The summed E-state index contributed by atoms with van der Waals surface area (Å²) in [6, 6.07) is 3.16. The van der Waals surface area contributed by atoms with Crippen molar-refractivity contribution >= 4 is 28.1 Å². The molecule has 0 radical (unpaired) electrons. The summed E-state index contributed by atoms with van der Waals surface area (Å²) < 4.78 is 11.1. The Balaban J connectivity index is 2.77. The summed E-state index contributed by atoms with van der Waals surface area (Å²) in [4.78, 5) is 22.2. The first-order chi connectivity index (χ1) is 9.12. The number of rotatable bonds is 7. The van der Waals surface area contributed by atoms with Gasteiger partial charge in [0.05, 0.1) is 11.6 Å². The highest BCUT2D eigenvalue weighted by atomic mass is 79.9. The largest absolute Gasteiger partial charge is 0.493 e. The Kier molecular flexibility index (Phi) is 6.35. The average molecular weight is 330 g/mol. The minimum atomic E-state index is -0.199. The molecule has 1 N–H and O–H groups in total. The number of carbonyl (C=O) groups excluding carboxylic acids is 2.